The zero-order valence-electron chi connectivity index (χ0n) is 8.90. The second-order valence-electron chi connectivity index (χ2n) is 2.73. The van der Waals surface area contributed by atoms with Gasteiger partial charge in [0.05, 0.1) is 9.99 Å². The largest absolute Gasteiger partial charge is 0.465 e. The van der Waals surface area contributed by atoms with E-state index in [-0.39, 0.29) is 5.97 Å². The Hall–Kier alpha value is -0.270. The van der Waals surface area contributed by atoms with Gasteiger partial charge in [-0.3, -0.25) is 0 Å². The monoisotopic (exact) mass is 366 g/mol. The average Bonchev–Trinajstić information content (AvgIpc) is 2.38. The lowest BCUT2D eigenvalue weighted by atomic mass is 10.4. The molecule has 16 heavy (non-hydrogen) atoms. The molecule has 0 unspecified atom stereocenters. The van der Waals surface area contributed by atoms with Crippen molar-refractivity contribution in [3.05, 3.63) is 38.1 Å². The number of carbonyl (C=O) groups is 1. The summed E-state index contributed by atoms with van der Waals surface area (Å²) in [6.07, 6.45) is 2.02. The lowest BCUT2D eigenvalue weighted by Crippen LogP contribution is -1.97. The molecule has 0 aliphatic carbocycles. The fourth-order valence-electron chi connectivity index (χ4n) is 0.953. The van der Waals surface area contributed by atoms with Gasteiger partial charge in [0.15, 0.2) is 0 Å². The molecule has 0 radical (unpaired) electrons. The molecule has 0 atom stereocenters. The predicted molar refractivity (Wildman–Crippen MR) is 77.8 cm³/mol. The van der Waals surface area contributed by atoms with Crippen molar-refractivity contribution >= 4 is 51.7 Å². The Morgan fingerprint density at radius 3 is 2.75 bits per heavy atom. The molecular weight excluding hydrogens is 355 g/mol. The minimum Gasteiger partial charge on any atom is -0.465 e. The lowest BCUT2D eigenvalue weighted by Gasteiger charge is -1.94. The van der Waals surface area contributed by atoms with Crippen molar-refractivity contribution in [1.82, 2.24) is 0 Å². The third kappa shape index (κ3) is 4.31. The van der Waals surface area contributed by atoms with E-state index in [2.05, 4.69) is 22.6 Å². The number of methoxy groups -OCH3 is 1. The summed E-state index contributed by atoms with van der Waals surface area (Å²) in [5.74, 6) is -0.301. The van der Waals surface area contributed by atoms with Crippen LogP contribution in [0.5, 0.6) is 0 Å². The van der Waals surface area contributed by atoms with Gasteiger partial charge in [-0.05, 0) is 53.1 Å². The molecule has 0 fully saturated rings. The Kier molecular flexibility index (Phi) is 6.15. The van der Waals surface area contributed by atoms with Crippen LogP contribution in [0.3, 0.4) is 0 Å². The Balaban J connectivity index is 3.31. The molecule has 0 aromatic carbocycles. The summed E-state index contributed by atoms with van der Waals surface area (Å²) in [6.45, 7) is 0. The quantitative estimate of drug-likeness (QED) is 0.450. The number of ether oxygens (including phenoxy) is 1. The van der Waals surface area contributed by atoms with Gasteiger partial charge in [0.2, 0.25) is 0 Å². The minimum atomic E-state index is -0.301. The third-order valence-corrected chi connectivity index (χ3v) is 4.33. The molecule has 1 heterocycles. The summed E-state index contributed by atoms with van der Waals surface area (Å²) < 4.78 is 5.75. The Labute approximate surface area is 117 Å². The van der Waals surface area contributed by atoms with Gasteiger partial charge >= 0.3 is 5.97 Å². The number of esters is 1. The molecule has 1 aromatic heterocycles. The molecule has 5 heteroatoms. The zero-order chi connectivity index (χ0) is 12.0. The van der Waals surface area contributed by atoms with E-state index in [0.29, 0.717) is 4.88 Å². The summed E-state index contributed by atoms with van der Waals surface area (Å²) in [4.78, 5) is 13.2. The van der Waals surface area contributed by atoms with Gasteiger partial charge in [-0.2, -0.15) is 0 Å². The van der Waals surface area contributed by atoms with Crippen molar-refractivity contribution in [2.75, 3.05) is 13.4 Å². The van der Waals surface area contributed by atoms with Gasteiger partial charge in [0, 0.05) is 4.90 Å². The van der Waals surface area contributed by atoms with Crippen molar-refractivity contribution in [3.63, 3.8) is 0 Å². The van der Waals surface area contributed by atoms with Crippen molar-refractivity contribution < 1.29 is 9.53 Å². The molecule has 0 spiro atoms. The molecule has 1 aromatic rings. The van der Waals surface area contributed by atoms with Crippen molar-refractivity contribution in [1.29, 1.82) is 0 Å². The molecule has 0 saturated carbocycles. The third-order valence-electron chi connectivity index (χ3n) is 1.72. The normalized spacial score (nSPS) is 9.44. The second-order valence-corrected chi connectivity index (χ2v) is 6.59. The highest BCUT2D eigenvalue weighted by Gasteiger charge is 2.03. The molecule has 2 nitrogen and oxygen atoms in total. The van der Waals surface area contributed by atoms with Crippen molar-refractivity contribution in [2.24, 2.45) is 0 Å². The first-order valence-corrected chi connectivity index (χ1v) is 7.55. The molecule has 0 aliphatic rings. The molecule has 1 rings (SSSR count). The second kappa shape index (κ2) is 7.13. The van der Waals surface area contributed by atoms with Crippen LogP contribution < -0.4 is 0 Å². The van der Waals surface area contributed by atoms with Crippen LogP contribution in [-0.2, 0) is 4.74 Å². The van der Waals surface area contributed by atoms with E-state index in [0.717, 1.165) is 7.78 Å². The van der Waals surface area contributed by atoms with Crippen LogP contribution in [-0.4, -0.2) is 19.3 Å². The molecule has 0 aliphatic heterocycles. The number of carbonyl (C=O) groups excluding carboxylic acids is 1. The van der Waals surface area contributed by atoms with Crippen LogP contribution >= 0.6 is 45.7 Å². The SMILES string of the molecule is COC(=O)c1cccc(SC)ccc(I)s1. The first-order chi connectivity index (χ1) is 7.67. The van der Waals surface area contributed by atoms with Gasteiger partial charge in [-0.1, -0.05) is 6.07 Å². The average molecular weight is 366 g/mol. The maximum absolute atomic E-state index is 11.4. The van der Waals surface area contributed by atoms with Crippen LogP contribution in [0.1, 0.15) is 9.67 Å². The van der Waals surface area contributed by atoms with E-state index in [1.807, 2.05) is 30.5 Å². The maximum Gasteiger partial charge on any atom is 0.348 e. The van der Waals surface area contributed by atoms with Gasteiger partial charge in [0.25, 0.3) is 0 Å². The Bertz CT molecular complexity index is 428. The topological polar surface area (TPSA) is 26.3 Å². The Morgan fingerprint density at radius 1 is 1.38 bits per heavy atom. The summed E-state index contributed by atoms with van der Waals surface area (Å²) in [6, 6.07) is 9.64. The van der Waals surface area contributed by atoms with Gasteiger partial charge < -0.3 is 4.74 Å². The molecule has 86 valence electrons. The van der Waals surface area contributed by atoms with Crippen LogP contribution in [0.2, 0.25) is 0 Å². The van der Waals surface area contributed by atoms with E-state index >= 15 is 0 Å². The van der Waals surface area contributed by atoms with E-state index in [1.54, 1.807) is 17.8 Å². The lowest BCUT2D eigenvalue weighted by molar-refractivity contribution is 0.0606. The number of hydrogen-bond donors (Lipinski definition) is 0. The summed E-state index contributed by atoms with van der Waals surface area (Å²) in [7, 11) is 1.39. The van der Waals surface area contributed by atoms with E-state index in [1.165, 1.54) is 18.4 Å². The van der Waals surface area contributed by atoms with Crippen molar-refractivity contribution in [2.45, 2.75) is 4.90 Å². The first kappa shape index (κ1) is 13.8. The maximum atomic E-state index is 11.4. The highest BCUT2D eigenvalue weighted by Crippen LogP contribution is 2.17. The van der Waals surface area contributed by atoms with E-state index in [9.17, 15) is 4.79 Å². The highest BCUT2D eigenvalue weighted by atomic mass is 127. The fraction of sp³-hybridized carbons (Fsp3) is 0.182. The van der Waals surface area contributed by atoms with E-state index < -0.39 is 0 Å². The zero-order valence-corrected chi connectivity index (χ0v) is 12.7. The van der Waals surface area contributed by atoms with Crippen LogP contribution in [0.4, 0.5) is 0 Å². The molecule has 0 saturated heterocycles. The molecular formula is C11H11IO2S2. The van der Waals surface area contributed by atoms with Crippen LogP contribution in [0.25, 0.3) is 0 Å². The smallest absolute Gasteiger partial charge is 0.348 e. The number of rotatable bonds is 2. The fourth-order valence-corrected chi connectivity index (χ4v) is 2.92. The first-order valence-electron chi connectivity index (χ1n) is 4.43. The Morgan fingerprint density at radius 2 is 2.12 bits per heavy atom. The number of halogens is 1. The van der Waals surface area contributed by atoms with Gasteiger partial charge in [0.1, 0.15) is 4.88 Å². The van der Waals surface area contributed by atoms with Crippen LogP contribution in [0.15, 0.2) is 35.2 Å². The summed E-state index contributed by atoms with van der Waals surface area (Å²) in [5.41, 5.74) is 0. The standard InChI is InChI=1S/C11H11IO2S2/c1-14-11(13)9-5-3-4-8(15-2)6-7-10(12)16-9/h3-7H,1-2H3. The molecule has 0 amide bonds. The van der Waals surface area contributed by atoms with Crippen LogP contribution in [0, 0.1) is 2.88 Å². The van der Waals surface area contributed by atoms with E-state index in [4.69, 9.17) is 4.74 Å². The number of hydrogen-bond acceptors (Lipinski definition) is 4. The van der Waals surface area contributed by atoms with Gasteiger partial charge in [-0.15, -0.1) is 23.1 Å². The van der Waals surface area contributed by atoms with Crippen molar-refractivity contribution in [3.8, 4) is 0 Å². The molecule has 0 bridgehead atoms. The predicted octanol–water partition coefficient (Wildman–Crippen LogP) is 3.99. The minimum absolute atomic E-state index is 0.301. The number of thioether (sulfide) groups is 1. The highest BCUT2D eigenvalue weighted by molar-refractivity contribution is 14.1. The summed E-state index contributed by atoms with van der Waals surface area (Å²) >= 11 is 5.28. The van der Waals surface area contributed by atoms with Gasteiger partial charge in [-0.25, -0.2) is 4.79 Å². The molecule has 0 N–H and O–H groups in total. The summed E-state index contributed by atoms with van der Waals surface area (Å²) in [5, 5.41) is 0.